The second kappa shape index (κ2) is 9.10. The highest BCUT2D eigenvalue weighted by Gasteiger charge is 2.48. The first-order valence-electron chi connectivity index (χ1n) is 11.2. The fourth-order valence-electron chi connectivity index (χ4n) is 4.29. The molecule has 1 aromatic carbocycles. The summed E-state index contributed by atoms with van der Waals surface area (Å²) < 4.78 is 0. The van der Waals surface area contributed by atoms with E-state index in [1.54, 1.807) is 18.8 Å². The van der Waals surface area contributed by atoms with Crippen LogP contribution >= 0.6 is 0 Å². The van der Waals surface area contributed by atoms with Crippen molar-refractivity contribution in [3.05, 3.63) is 89.6 Å². The minimum atomic E-state index is -1.03. The highest BCUT2D eigenvalue weighted by atomic mass is 16.2. The number of rotatable bonds is 4. The number of hydrogen-bond acceptors (Lipinski definition) is 4. The molecule has 2 heterocycles. The zero-order valence-corrected chi connectivity index (χ0v) is 19.1. The summed E-state index contributed by atoms with van der Waals surface area (Å²) in [4.78, 5) is 38.7. The molecule has 3 aliphatic rings. The molecule has 1 aliphatic carbocycles. The Hall–Kier alpha value is -3.61. The van der Waals surface area contributed by atoms with Crippen molar-refractivity contribution < 1.29 is 14.4 Å². The van der Waals surface area contributed by atoms with Crippen molar-refractivity contribution in [3.8, 4) is 0 Å². The van der Waals surface area contributed by atoms with Gasteiger partial charge in [-0.15, -0.1) is 0 Å². The number of fused-ring (bicyclic) bond motifs is 1. The summed E-state index contributed by atoms with van der Waals surface area (Å²) in [6.07, 6.45) is 15.0. The van der Waals surface area contributed by atoms with Gasteiger partial charge >= 0.3 is 0 Å². The van der Waals surface area contributed by atoms with E-state index in [1.807, 2.05) is 36.4 Å². The molecule has 3 amide bonds. The number of allylic oxidation sites excluding steroid dienone is 7. The average Bonchev–Trinajstić information content (AvgIpc) is 3.12. The highest BCUT2D eigenvalue weighted by molar-refractivity contribution is 6.32. The fraction of sp³-hybridized carbons (Fsp3) is 0.269. The quantitative estimate of drug-likeness (QED) is 0.557. The van der Waals surface area contributed by atoms with E-state index in [0.717, 1.165) is 22.4 Å². The molecule has 1 saturated heterocycles. The zero-order valence-electron chi connectivity index (χ0n) is 19.1. The molecule has 2 N–H and O–H groups in total. The molecule has 168 valence electrons. The zero-order chi connectivity index (χ0) is 23.6. The Morgan fingerprint density at radius 2 is 2.03 bits per heavy atom. The SMILES string of the molecule is B[C@@]1(N2Cc3cc(NCC4=C/C(=C)/C=C\C=C/C(C)/C=C\4)ccc3C2=O)CCC(=O)NC1=O. The van der Waals surface area contributed by atoms with Crippen molar-refractivity contribution >= 4 is 31.3 Å². The lowest BCUT2D eigenvalue weighted by molar-refractivity contribution is -0.138. The molecule has 0 spiro atoms. The molecule has 1 unspecified atom stereocenters. The van der Waals surface area contributed by atoms with Crippen LogP contribution in [0.5, 0.6) is 0 Å². The first kappa shape index (κ1) is 22.6. The lowest BCUT2D eigenvalue weighted by Gasteiger charge is -2.39. The molecule has 33 heavy (non-hydrogen) atoms. The normalized spacial score (nSPS) is 29.5. The minimum Gasteiger partial charge on any atom is -0.381 e. The Morgan fingerprint density at radius 1 is 1.21 bits per heavy atom. The number of anilines is 1. The molecule has 1 fully saturated rings. The third kappa shape index (κ3) is 4.77. The van der Waals surface area contributed by atoms with E-state index in [2.05, 4.69) is 42.4 Å². The number of nitrogens with zero attached hydrogens (tertiary/aromatic N) is 1. The van der Waals surface area contributed by atoms with E-state index in [9.17, 15) is 14.4 Å². The van der Waals surface area contributed by atoms with Crippen molar-refractivity contribution in [1.82, 2.24) is 10.2 Å². The van der Waals surface area contributed by atoms with Crippen LogP contribution in [0.3, 0.4) is 0 Å². The van der Waals surface area contributed by atoms with Crippen LogP contribution in [-0.4, -0.2) is 42.5 Å². The maximum absolute atomic E-state index is 13.0. The van der Waals surface area contributed by atoms with Crippen LogP contribution in [0.25, 0.3) is 0 Å². The predicted molar refractivity (Wildman–Crippen MR) is 132 cm³/mol. The lowest BCUT2D eigenvalue weighted by atomic mass is 9.70. The number of imide groups is 1. The van der Waals surface area contributed by atoms with E-state index in [0.29, 0.717) is 31.0 Å². The van der Waals surface area contributed by atoms with E-state index in [4.69, 9.17) is 0 Å². The molecule has 6 nitrogen and oxygen atoms in total. The van der Waals surface area contributed by atoms with Crippen LogP contribution in [-0.2, 0) is 16.1 Å². The van der Waals surface area contributed by atoms with E-state index >= 15 is 0 Å². The Morgan fingerprint density at radius 3 is 2.82 bits per heavy atom. The average molecular weight is 441 g/mol. The molecule has 0 saturated carbocycles. The second-order valence-corrected chi connectivity index (χ2v) is 9.02. The van der Waals surface area contributed by atoms with Gasteiger partial charge in [0.05, 0.1) is 5.44 Å². The summed E-state index contributed by atoms with van der Waals surface area (Å²) >= 11 is 0. The molecule has 0 radical (unpaired) electrons. The first-order chi connectivity index (χ1) is 15.8. The van der Waals surface area contributed by atoms with Gasteiger partial charge in [-0.3, -0.25) is 19.7 Å². The molecule has 1 aromatic rings. The Labute approximate surface area is 195 Å². The van der Waals surface area contributed by atoms with Gasteiger partial charge in [-0.25, -0.2) is 0 Å². The minimum absolute atomic E-state index is 0.174. The molecule has 0 bridgehead atoms. The van der Waals surface area contributed by atoms with Gasteiger partial charge < -0.3 is 10.2 Å². The van der Waals surface area contributed by atoms with Crippen molar-refractivity contribution in [2.45, 2.75) is 31.7 Å². The Bertz CT molecular complexity index is 1150. The van der Waals surface area contributed by atoms with Crippen LogP contribution < -0.4 is 10.6 Å². The van der Waals surface area contributed by atoms with Crippen molar-refractivity contribution in [3.63, 3.8) is 0 Å². The van der Waals surface area contributed by atoms with Gasteiger partial charge in [0.15, 0.2) is 0 Å². The van der Waals surface area contributed by atoms with Crippen LogP contribution in [0.1, 0.15) is 35.7 Å². The third-order valence-electron chi connectivity index (χ3n) is 6.40. The Balaban J connectivity index is 1.49. The summed E-state index contributed by atoms with van der Waals surface area (Å²) in [6, 6.07) is 5.66. The molecular weight excluding hydrogens is 413 g/mol. The second-order valence-electron chi connectivity index (χ2n) is 9.02. The maximum atomic E-state index is 13.0. The maximum Gasteiger partial charge on any atom is 0.254 e. The number of nitrogens with one attached hydrogen (secondary N) is 2. The van der Waals surface area contributed by atoms with E-state index in [1.165, 1.54) is 0 Å². The number of amides is 3. The van der Waals surface area contributed by atoms with Crippen molar-refractivity contribution in [2.75, 3.05) is 11.9 Å². The Kier molecular flexibility index (Phi) is 6.23. The highest BCUT2D eigenvalue weighted by Crippen LogP contribution is 2.33. The van der Waals surface area contributed by atoms with Gasteiger partial charge in [0.2, 0.25) is 11.8 Å². The molecule has 0 aromatic heterocycles. The van der Waals surface area contributed by atoms with Gasteiger partial charge in [0, 0.05) is 30.8 Å². The van der Waals surface area contributed by atoms with Crippen molar-refractivity contribution in [1.29, 1.82) is 0 Å². The number of carbonyl (C=O) groups is 3. The standard InChI is InChI=1S/C26H28BN3O3/c1-17-5-3-4-6-18(2)13-19(8-7-17)15-28-21-9-10-22-20(14-21)16-30(24(22)32)26(27)12-11-23(31)29-25(26)33/h3-10,13-14,17,28H,2,11-12,15-16,27H2,1H3,(H,29,31,33)/b5-3-,6-4-,8-7-,19-13+/t17?,26-/m1/s1. The van der Waals surface area contributed by atoms with E-state index in [-0.39, 0.29) is 18.2 Å². The summed E-state index contributed by atoms with van der Waals surface area (Å²) in [5, 5.41) is 5.81. The van der Waals surface area contributed by atoms with Crippen LogP contribution in [0, 0.1) is 5.92 Å². The van der Waals surface area contributed by atoms with Gasteiger partial charge in [0.25, 0.3) is 5.91 Å². The van der Waals surface area contributed by atoms with Crippen LogP contribution in [0.2, 0.25) is 0 Å². The van der Waals surface area contributed by atoms with Gasteiger partial charge in [-0.05, 0) is 47.2 Å². The molecule has 7 heteroatoms. The topological polar surface area (TPSA) is 78.5 Å². The van der Waals surface area contributed by atoms with E-state index < -0.39 is 11.3 Å². The number of benzene rings is 1. The lowest BCUT2D eigenvalue weighted by Crippen LogP contribution is -2.63. The summed E-state index contributed by atoms with van der Waals surface area (Å²) in [6.45, 7) is 7.17. The predicted octanol–water partition coefficient (Wildman–Crippen LogP) is 2.62. The largest absolute Gasteiger partial charge is 0.381 e. The first-order valence-corrected chi connectivity index (χ1v) is 11.2. The third-order valence-corrected chi connectivity index (χ3v) is 6.40. The number of carbonyl (C=O) groups excluding carboxylic acids is 3. The molecule has 2 aliphatic heterocycles. The molecule has 2 atom stereocenters. The summed E-state index contributed by atoms with van der Waals surface area (Å²) in [7, 11) is 1.73. The number of hydrogen-bond donors (Lipinski definition) is 2. The fourth-order valence-corrected chi connectivity index (χ4v) is 4.29. The van der Waals surface area contributed by atoms with Gasteiger partial charge in [-0.2, -0.15) is 0 Å². The molecule has 4 rings (SSSR count). The molecular formula is C26H28BN3O3. The van der Waals surface area contributed by atoms with Crippen LogP contribution in [0.15, 0.2) is 78.5 Å². The van der Waals surface area contributed by atoms with Crippen molar-refractivity contribution in [2.24, 2.45) is 5.92 Å². The number of piperidine rings is 1. The summed E-state index contributed by atoms with van der Waals surface area (Å²) in [5.74, 6) is -0.548. The smallest absolute Gasteiger partial charge is 0.254 e. The van der Waals surface area contributed by atoms with Gasteiger partial charge in [-0.1, -0.05) is 56.0 Å². The monoisotopic (exact) mass is 441 g/mol. The van der Waals surface area contributed by atoms with Gasteiger partial charge in [0.1, 0.15) is 7.85 Å². The summed E-state index contributed by atoms with van der Waals surface area (Å²) in [5.41, 5.74) is 3.37. The van der Waals surface area contributed by atoms with Crippen LogP contribution in [0.4, 0.5) is 5.69 Å².